The highest BCUT2D eigenvalue weighted by Gasteiger charge is 2.38. The molecule has 0 saturated heterocycles. The van der Waals surface area contributed by atoms with E-state index in [1.165, 1.54) is 12.1 Å². The van der Waals surface area contributed by atoms with Crippen molar-refractivity contribution in [3.8, 4) is 0 Å². The number of hydrogen-bond acceptors (Lipinski definition) is 1. The van der Waals surface area contributed by atoms with Gasteiger partial charge in [-0.2, -0.15) is 0 Å². The van der Waals surface area contributed by atoms with Gasteiger partial charge in [0.05, 0.1) is 6.10 Å². The molecule has 1 saturated carbocycles. The molecule has 3 heteroatoms. The van der Waals surface area contributed by atoms with E-state index in [4.69, 9.17) is 11.6 Å². The van der Waals surface area contributed by atoms with E-state index in [0.717, 1.165) is 19.3 Å². The van der Waals surface area contributed by atoms with Gasteiger partial charge in [0.15, 0.2) is 0 Å². The standard InChI is InChI=1S/C15H20ClFO/c1-15(2)7-3-4-12(15)14(18)9-10-8-11(17)5-6-13(10)16/h5-6,8,12,14,18H,3-4,7,9H2,1-2H3. The summed E-state index contributed by atoms with van der Waals surface area (Å²) in [6, 6.07) is 4.32. The maximum atomic E-state index is 13.2. The van der Waals surface area contributed by atoms with Crippen molar-refractivity contribution in [1.29, 1.82) is 0 Å². The molecule has 2 rings (SSSR count). The zero-order valence-corrected chi connectivity index (χ0v) is 11.7. The molecule has 0 bridgehead atoms. The van der Waals surface area contributed by atoms with E-state index in [1.54, 1.807) is 6.07 Å². The van der Waals surface area contributed by atoms with Gasteiger partial charge >= 0.3 is 0 Å². The molecule has 18 heavy (non-hydrogen) atoms. The molecule has 1 N–H and O–H groups in total. The molecule has 0 aliphatic heterocycles. The normalized spacial score (nSPS) is 24.2. The second kappa shape index (κ2) is 5.18. The topological polar surface area (TPSA) is 20.2 Å². The number of halogens is 2. The SMILES string of the molecule is CC1(C)CCCC1C(O)Cc1cc(F)ccc1Cl. The minimum absolute atomic E-state index is 0.166. The van der Waals surface area contributed by atoms with Crippen LogP contribution in [0, 0.1) is 17.2 Å². The lowest BCUT2D eigenvalue weighted by molar-refractivity contribution is 0.0542. The number of hydrogen-bond donors (Lipinski definition) is 1. The molecule has 2 unspecified atom stereocenters. The Balaban J connectivity index is 2.11. The summed E-state index contributed by atoms with van der Waals surface area (Å²) in [5.74, 6) is -0.0240. The molecule has 0 aromatic heterocycles. The van der Waals surface area contributed by atoms with Crippen LogP contribution in [0.25, 0.3) is 0 Å². The van der Waals surface area contributed by atoms with Crippen LogP contribution in [0.3, 0.4) is 0 Å². The van der Waals surface area contributed by atoms with E-state index in [9.17, 15) is 9.50 Å². The third kappa shape index (κ3) is 2.86. The van der Waals surface area contributed by atoms with Gasteiger partial charge in [0, 0.05) is 11.4 Å². The molecule has 0 spiro atoms. The first-order valence-corrected chi connectivity index (χ1v) is 6.90. The average molecular weight is 271 g/mol. The number of aliphatic hydroxyl groups excluding tert-OH is 1. The largest absolute Gasteiger partial charge is 0.392 e. The fraction of sp³-hybridized carbons (Fsp3) is 0.600. The highest BCUT2D eigenvalue weighted by atomic mass is 35.5. The van der Waals surface area contributed by atoms with Gasteiger partial charge in [0.25, 0.3) is 0 Å². The van der Waals surface area contributed by atoms with Crippen molar-refractivity contribution in [3.63, 3.8) is 0 Å². The van der Waals surface area contributed by atoms with Gasteiger partial charge < -0.3 is 5.11 Å². The lowest BCUT2D eigenvalue weighted by Gasteiger charge is -2.31. The van der Waals surface area contributed by atoms with E-state index in [1.807, 2.05) is 0 Å². The second-order valence-electron chi connectivity index (χ2n) is 5.99. The lowest BCUT2D eigenvalue weighted by atomic mass is 9.77. The third-order valence-electron chi connectivity index (χ3n) is 4.24. The van der Waals surface area contributed by atoms with Crippen LogP contribution in [0.15, 0.2) is 18.2 Å². The van der Waals surface area contributed by atoms with Gasteiger partial charge in [-0.1, -0.05) is 31.9 Å². The Hall–Kier alpha value is -0.600. The van der Waals surface area contributed by atoms with Crippen LogP contribution in [0.5, 0.6) is 0 Å². The highest BCUT2D eigenvalue weighted by Crippen LogP contribution is 2.45. The van der Waals surface area contributed by atoms with Crippen LogP contribution in [-0.2, 0) is 6.42 Å². The fourth-order valence-corrected chi connectivity index (χ4v) is 3.33. The van der Waals surface area contributed by atoms with Gasteiger partial charge in [0.1, 0.15) is 5.82 Å². The van der Waals surface area contributed by atoms with Gasteiger partial charge in [0.2, 0.25) is 0 Å². The smallest absolute Gasteiger partial charge is 0.123 e. The molecule has 100 valence electrons. The zero-order valence-electron chi connectivity index (χ0n) is 10.9. The number of benzene rings is 1. The Labute approximate surface area is 113 Å². The molecule has 1 aromatic rings. The van der Waals surface area contributed by atoms with Crippen molar-refractivity contribution in [1.82, 2.24) is 0 Å². The van der Waals surface area contributed by atoms with E-state index in [-0.39, 0.29) is 17.2 Å². The molecule has 2 atom stereocenters. The first-order chi connectivity index (χ1) is 8.40. The second-order valence-corrected chi connectivity index (χ2v) is 6.40. The third-order valence-corrected chi connectivity index (χ3v) is 4.61. The molecule has 0 radical (unpaired) electrons. The van der Waals surface area contributed by atoms with E-state index in [0.29, 0.717) is 17.0 Å². The van der Waals surface area contributed by atoms with E-state index < -0.39 is 6.10 Å². The van der Waals surface area contributed by atoms with Crippen LogP contribution in [0.1, 0.15) is 38.7 Å². The maximum absolute atomic E-state index is 13.2. The summed E-state index contributed by atoms with van der Waals surface area (Å²) in [6.45, 7) is 4.39. The Morgan fingerprint density at radius 1 is 1.50 bits per heavy atom. The summed E-state index contributed by atoms with van der Waals surface area (Å²) in [7, 11) is 0. The monoisotopic (exact) mass is 270 g/mol. The first-order valence-electron chi connectivity index (χ1n) is 6.52. The first kappa shape index (κ1) is 13.8. The summed E-state index contributed by atoms with van der Waals surface area (Å²) in [5.41, 5.74) is 0.867. The van der Waals surface area contributed by atoms with E-state index in [2.05, 4.69) is 13.8 Å². The molecule has 1 fully saturated rings. The minimum atomic E-state index is -0.443. The summed E-state index contributed by atoms with van der Waals surface area (Å²) < 4.78 is 13.2. The van der Waals surface area contributed by atoms with Crippen molar-refractivity contribution in [2.24, 2.45) is 11.3 Å². The fourth-order valence-electron chi connectivity index (χ4n) is 3.13. The van der Waals surface area contributed by atoms with Crippen LogP contribution in [-0.4, -0.2) is 11.2 Å². The van der Waals surface area contributed by atoms with Gasteiger partial charge in [-0.25, -0.2) is 4.39 Å². The molecule has 1 nitrogen and oxygen atoms in total. The molecule has 1 aromatic carbocycles. The van der Waals surface area contributed by atoms with Crippen molar-refractivity contribution in [2.75, 3.05) is 0 Å². The number of aliphatic hydroxyl groups is 1. The molecule has 0 amide bonds. The predicted molar refractivity (Wildman–Crippen MR) is 72.2 cm³/mol. The Morgan fingerprint density at radius 3 is 2.83 bits per heavy atom. The lowest BCUT2D eigenvalue weighted by Crippen LogP contribution is -2.31. The van der Waals surface area contributed by atoms with Crippen LogP contribution in [0.2, 0.25) is 5.02 Å². The predicted octanol–water partition coefficient (Wildman–Crippen LogP) is 4.21. The van der Waals surface area contributed by atoms with Crippen molar-refractivity contribution < 1.29 is 9.50 Å². The van der Waals surface area contributed by atoms with Crippen molar-refractivity contribution >= 4 is 11.6 Å². The van der Waals surface area contributed by atoms with Gasteiger partial charge in [-0.3, -0.25) is 0 Å². The quantitative estimate of drug-likeness (QED) is 0.872. The summed E-state index contributed by atoms with van der Waals surface area (Å²) in [6.07, 6.45) is 3.34. The molecule has 0 heterocycles. The van der Waals surface area contributed by atoms with Crippen LogP contribution in [0.4, 0.5) is 4.39 Å². The summed E-state index contributed by atoms with van der Waals surface area (Å²) in [4.78, 5) is 0. The molecular weight excluding hydrogens is 251 g/mol. The van der Waals surface area contributed by atoms with Crippen molar-refractivity contribution in [2.45, 2.75) is 45.6 Å². The Bertz CT molecular complexity index is 431. The summed E-state index contributed by atoms with van der Waals surface area (Å²) >= 11 is 6.04. The average Bonchev–Trinajstić information content (AvgIpc) is 2.63. The van der Waals surface area contributed by atoms with E-state index >= 15 is 0 Å². The molecule has 1 aliphatic carbocycles. The molecular formula is C15H20ClFO. The Kier molecular flexibility index (Phi) is 3.98. The highest BCUT2D eigenvalue weighted by molar-refractivity contribution is 6.31. The summed E-state index contributed by atoms with van der Waals surface area (Å²) in [5, 5.41) is 10.9. The molecule has 1 aliphatic rings. The number of rotatable bonds is 3. The van der Waals surface area contributed by atoms with Gasteiger partial charge in [-0.05, 0) is 47.9 Å². The minimum Gasteiger partial charge on any atom is -0.392 e. The van der Waals surface area contributed by atoms with Crippen molar-refractivity contribution in [3.05, 3.63) is 34.6 Å². The Morgan fingerprint density at radius 2 is 2.22 bits per heavy atom. The zero-order chi connectivity index (χ0) is 13.3. The van der Waals surface area contributed by atoms with Crippen LogP contribution >= 0.6 is 11.6 Å². The van der Waals surface area contributed by atoms with Gasteiger partial charge in [-0.15, -0.1) is 0 Å². The maximum Gasteiger partial charge on any atom is 0.123 e. The van der Waals surface area contributed by atoms with Crippen LogP contribution < -0.4 is 0 Å².